The second-order valence-corrected chi connectivity index (χ2v) is 6.98. The summed E-state index contributed by atoms with van der Waals surface area (Å²) in [7, 11) is 0. The molecule has 1 aromatic carbocycles. The molecule has 9 heteroatoms. The van der Waals surface area contributed by atoms with Gasteiger partial charge in [0, 0.05) is 63.8 Å². The van der Waals surface area contributed by atoms with Gasteiger partial charge in [-0.3, -0.25) is 14.9 Å². The van der Waals surface area contributed by atoms with Crippen LogP contribution in [0.4, 0.5) is 17.3 Å². The van der Waals surface area contributed by atoms with Crippen molar-refractivity contribution >= 4 is 23.2 Å². The Hall–Kier alpha value is -3.23. The lowest BCUT2D eigenvalue weighted by Gasteiger charge is -2.35. The summed E-state index contributed by atoms with van der Waals surface area (Å²) in [5.41, 5.74) is 1.16. The molecule has 2 aliphatic heterocycles. The zero-order chi connectivity index (χ0) is 19.5. The van der Waals surface area contributed by atoms with Crippen molar-refractivity contribution in [1.82, 2.24) is 14.9 Å². The van der Waals surface area contributed by atoms with Gasteiger partial charge in [0.05, 0.1) is 16.2 Å². The predicted octanol–water partition coefficient (Wildman–Crippen LogP) is 1.95. The van der Waals surface area contributed by atoms with E-state index in [4.69, 9.17) is 0 Å². The molecule has 0 aliphatic carbocycles. The highest BCUT2D eigenvalue weighted by Crippen LogP contribution is 2.29. The largest absolute Gasteiger partial charge is 0.371 e. The number of carbonyl (C=O) groups excluding carboxylic acids is 1. The summed E-state index contributed by atoms with van der Waals surface area (Å²) in [5, 5.41) is 11.2. The minimum Gasteiger partial charge on any atom is -0.371 e. The van der Waals surface area contributed by atoms with Gasteiger partial charge in [0.1, 0.15) is 0 Å². The summed E-state index contributed by atoms with van der Waals surface area (Å²) >= 11 is 0. The first-order chi connectivity index (χ1) is 13.6. The van der Waals surface area contributed by atoms with Crippen LogP contribution in [-0.2, 0) is 0 Å². The van der Waals surface area contributed by atoms with Crippen LogP contribution in [0.15, 0.2) is 36.7 Å². The second-order valence-electron chi connectivity index (χ2n) is 6.98. The van der Waals surface area contributed by atoms with E-state index in [1.807, 2.05) is 4.90 Å². The Morgan fingerprint density at radius 2 is 1.64 bits per heavy atom. The number of nitro groups is 1. The fourth-order valence-corrected chi connectivity index (χ4v) is 3.78. The average molecular weight is 382 g/mol. The quantitative estimate of drug-likeness (QED) is 0.589. The van der Waals surface area contributed by atoms with Gasteiger partial charge in [0.25, 0.3) is 11.6 Å². The number of piperazine rings is 1. The van der Waals surface area contributed by atoms with Gasteiger partial charge in [-0.2, -0.15) is 0 Å². The first-order valence-corrected chi connectivity index (χ1v) is 9.48. The van der Waals surface area contributed by atoms with Gasteiger partial charge in [0.15, 0.2) is 0 Å². The van der Waals surface area contributed by atoms with Crippen LogP contribution in [0, 0.1) is 10.1 Å². The fourth-order valence-electron chi connectivity index (χ4n) is 3.78. The highest BCUT2D eigenvalue weighted by atomic mass is 16.6. The predicted molar refractivity (Wildman–Crippen MR) is 105 cm³/mol. The summed E-state index contributed by atoms with van der Waals surface area (Å²) in [4.78, 5) is 38.5. The Kier molecular flexibility index (Phi) is 5.05. The van der Waals surface area contributed by atoms with Crippen molar-refractivity contribution < 1.29 is 9.72 Å². The molecule has 146 valence electrons. The highest BCUT2D eigenvalue weighted by molar-refractivity contribution is 6.00. The number of nitrogens with zero attached hydrogens (tertiary/aromatic N) is 6. The maximum Gasteiger partial charge on any atom is 0.270 e. The molecule has 3 heterocycles. The minimum atomic E-state index is -0.449. The van der Waals surface area contributed by atoms with E-state index in [2.05, 4.69) is 14.9 Å². The Labute approximate surface area is 162 Å². The number of benzene rings is 1. The molecule has 2 aromatic rings. The standard InChI is InChI=1S/C19H22N6O3/c26-18(23-10-12-24(13-11-23)19-20-6-3-7-21-19)16-14-15(25(27)28)4-5-17(16)22-8-1-2-9-22/h3-7,14H,1-2,8-13H2. The van der Waals surface area contributed by atoms with Crippen molar-refractivity contribution in [2.75, 3.05) is 49.1 Å². The van der Waals surface area contributed by atoms with Gasteiger partial charge >= 0.3 is 0 Å². The first-order valence-electron chi connectivity index (χ1n) is 9.48. The molecular formula is C19H22N6O3. The maximum absolute atomic E-state index is 13.2. The van der Waals surface area contributed by atoms with Gasteiger partial charge in [-0.05, 0) is 25.0 Å². The third kappa shape index (κ3) is 3.60. The molecule has 0 radical (unpaired) electrons. The van der Waals surface area contributed by atoms with Crippen LogP contribution >= 0.6 is 0 Å². The third-order valence-electron chi connectivity index (χ3n) is 5.27. The van der Waals surface area contributed by atoms with Gasteiger partial charge in [-0.25, -0.2) is 9.97 Å². The zero-order valence-electron chi connectivity index (χ0n) is 15.5. The summed E-state index contributed by atoms with van der Waals surface area (Å²) < 4.78 is 0. The van der Waals surface area contributed by atoms with Gasteiger partial charge in [-0.1, -0.05) is 0 Å². The Morgan fingerprint density at radius 1 is 0.964 bits per heavy atom. The first kappa shape index (κ1) is 18.1. The van der Waals surface area contributed by atoms with E-state index in [-0.39, 0.29) is 11.6 Å². The van der Waals surface area contributed by atoms with Crippen LogP contribution in [0.5, 0.6) is 0 Å². The number of nitro benzene ring substituents is 1. The van der Waals surface area contributed by atoms with E-state index in [1.165, 1.54) is 12.1 Å². The van der Waals surface area contributed by atoms with Crippen LogP contribution in [0.25, 0.3) is 0 Å². The molecule has 1 aromatic heterocycles. The number of anilines is 2. The molecule has 0 unspecified atom stereocenters. The van der Waals surface area contributed by atoms with E-state index >= 15 is 0 Å². The van der Waals surface area contributed by atoms with E-state index in [1.54, 1.807) is 29.4 Å². The van der Waals surface area contributed by atoms with E-state index in [0.29, 0.717) is 37.7 Å². The third-order valence-corrected chi connectivity index (χ3v) is 5.27. The minimum absolute atomic E-state index is 0.0531. The van der Waals surface area contributed by atoms with Crippen molar-refractivity contribution in [2.45, 2.75) is 12.8 Å². The maximum atomic E-state index is 13.2. The van der Waals surface area contributed by atoms with Crippen LogP contribution in [0.3, 0.4) is 0 Å². The molecule has 9 nitrogen and oxygen atoms in total. The van der Waals surface area contributed by atoms with Gasteiger partial charge in [-0.15, -0.1) is 0 Å². The number of amides is 1. The Bertz CT molecular complexity index is 861. The average Bonchev–Trinajstić information content (AvgIpc) is 3.28. The normalized spacial score (nSPS) is 17.1. The molecule has 0 atom stereocenters. The Morgan fingerprint density at radius 3 is 2.29 bits per heavy atom. The number of hydrogen-bond acceptors (Lipinski definition) is 7. The monoisotopic (exact) mass is 382 g/mol. The summed E-state index contributed by atoms with van der Waals surface area (Å²) in [6.07, 6.45) is 5.54. The lowest BCUT2D eigenvalue weighted by molar-refractivity contribution is -0.384. The molecule has 0 spiro atoms. The van der Waals surface area contributed by atoms with Crippen LogP contribution in [0.2, 0.25) is 0 Å². The number of non-ortho nitro benzene ring substituents is 1. The molecule has 0 bridgehead atoms. The lowest BCUT2D eigenvalue weighted by atomic mass is 10.1. The smallest absolute Gasteiger partial charge is 0.270 e. The van der Waals surface area contributed by atoms with Gasteiger partial charge < -0.3 is 14.7 Å². The molecule has 28 heavy (non-hydrogen) atoms. The molecule has 2 saturated heterocycles. The Balaban J connectivity index is 1.54. The van der Waals surface area contributed by atoms with Crippen molar-refractivity contribution in [3.05, 3.63) is 52.3 Å². The SMILES string of the molecule is O=C(c1cc([N+](=O)[O-])ccc1N1CCCC1)N1CCN(c2ncccn2)CC1. The molecular weight excluding hydrogens is 360 g/mol. The number of hydrogen-bond donors (Lipinski definition) is 0. The van der Waals surface area contributed by atoms with E-state index < -0.39 is 4.92 Å². The van der Waals surface area contributed by atoms with Gasteiger partial charge in [0.2, 0.25) is 5.95 Å². The van der Waals surface area contributed by atoms with Crippen molar-refractivity contribution in [2.24, 2.45) is 0 Å². The number of carbonyl (C=O) groups is 1. The van der Waals surface area contributed by atoms with E-state index in [9.17, 15) is 14.9 Å². The molecule has 1 amide bonds. The van der Waals surface area contributed by atoms with Crippen molar-refractivity contribution in [1.29, 1.82) is 0 Å². The zero-order valence-corrected chi connectivity index (χ0v) is 15.5. The number of aromatic nitrogens is 2. The second kappa shape index (κ2) is 7.79. The molecule has 4 rings (SSSR count). The summed E-state index contributed by atoms with van der Waals surface area (Å²) in [6.45, 7) is 4.06. The molecule has 0 N–H and O–H groups in total. The topological polar surface area (TPSA) is 95.7 Å². The molecule has 2 aliphatic rings. The van der Waals surface area contributed by atoms with Crippen LogP contribution < -0.4 is 9.80 Å². The van der Waals surface area contributed by atoms with Crippen LogP contribution in [-0.4, -0.2) is 65.0 Å². The fraction of sp³-hybridized carbons (Fsp3) is 0.421. The number of rotatable bonds is 4. The van der Waals surface area contributed by atoms with Crippen molar-refractivity contribution in [3.8, 4) is 0 Å². The highest BCUT2D eigenvalue weighted by Gasteiger charge is 2.28. The van der Waals surface area contributed by atoms with Crippen LogP contribution in [0.1, 0.15) is 23.2 Å². The molecule has 0 saturated carbocycles. The summed E-state index contributed by atoms with van der Waals surface area (Å²) in [6, 6.07) is 6.38. The lowest BCUT2D eigenvalue weighted by Crippen LogP contribution is -2.49. The van der Waals surface area contributed by atoms with Crippen molar-refractivity contribution in [3.63, 3.8) is 0 Å². The van der Waals surface area contributed by atoms with E-state index in [0.717, 1.165) is 31.6 Å². The summed E-state index contributed by atoms with van der Waals surface area (Å²) in [5.74, 6) is 0.502. The molecule has 2 fully saturated rings.